The zero-order chi connectivity index (χ0) is 18.1. The summed E-state index contributed by atoms with van der Waals surface area (Å²) in [5, 5.41) is 4.07. The summed E-state index contributed by atoms with van der Waals surface area (Å²) in [4.78, 5) is 18.5. The van der Waals surface area contributed by atoms with Gasteiger partial charge in [-0.25, -0.2) is 4.39 Å². The summed E-state index contributed by atoms with van der Waals surface area (Å²) < 4.78 is 18.9. The molecule has 5 nitrogen and oxygen atoms in total. The lowest BCUT2D eigenvalue weighted by molar-refractivity contribution is -0.130. The van der Waals surface area contributed by atoms with Crippen LogP contribution in [0.25, 0.3) is 11.4 Å². The van der Waals surface area contributed by atoms with E-state index in [1.807, 2.05) is 31.2 Å². The number of halogens is 1. The van der Waals surface area contributed by atoms with Gasteiger partial charge in [-0.05, 0) is 37.1 Å². The summed E-state index contributed by atoms with van der Waals surface area (Å²) >= 11 is 0. The van der Waals surface area contributed by atoms with Gasteiger partial charge in [-0.3, -0.25) is 4.79 Å². The largest absolute Gasteiger partial charge is 0.337 e. The van der Waals surface area contributed by atoms with Crippen molar-refractivity contribution in [3.8, 4) is 11.4 Å². The van der Waals surface area contributed by atoms with Crippen LogP contribution in [0.15, 0.2) is 53.1 Å². The predicted molar refractivity (Wildman–Crippen MR) is 93.4 cm³/mol. The Hall–Kier alpha value is -3.02. The number of amides is 1. The Kier molecular flexibility index (Phi) is 4.24. The summed E-state index contributed by atoms with van der Waals surface area (Å²) in [6.07, 6.45) is 1.03. The van der Waals surface area contributed by atoms with Crippen molar-refractivity contribution in [1.29, 1.82) is 0 Å². The lowest BCUT2D eigenvalue weighted by Crippen LogP contribution is -2.27. The molecule has 1 saturated heterocycles. The molecule has 6 heteroatoms. The summed E-state index contributed by atoms with van der Waals surface area (Å²) in [5.41, 5.74) is 2.72. The smallest absolute Gasteiger partial charge is 0.249 e. The number of rotatable bonds is 4. The van der Waals surface area contributed by atoms with Gasteiger partial charge in [0, 0.05) is 18.5 Å². The molecule has 0 radical (unpaired) electrons. The van der Waals surface area contributed by atoms with Crippen molar-refractivity contribution in [3.05, 3.63) is 71.4 Å². The minimum Gasteiger partial charge on any atom is -0.337 e. The quantitative estimate of drug-likeness (QED) is 0.711. The minimum atomic E-state index is -0.315. The van der Waals surface area contributed by atoms with Gasteiger partial charge in [-0.2, -0.15) is 4.98 Å². The molecule has 1 amide bonds. The van der Waals surface area contributed by atoms with Gasteiger partial charge in [0.25, 0.3) is 0 Å². The second-order valence-corrected chi connectivity index (χ2v) is 6.53. The summed E-state index contributed by atoms with van der Waals surface area (Å²) in [6, 6.07) is 13.8. The van der Waals surface area contributed by atoms with Gasteiger partial charge in [0.15, 0.2) is 0 Å². The van der Waals surface area contributed by atoms with Crippen molar-refractivity contribution >= 4 is 5.91 Å². The third-order valence-corrected chi connectivity index (χ3v) is 4.57. The van der Waals surface area contributed by atoms with Gasteiger partial charge >= 0.3 is 0 Å². The monoisotopic (exact) mass is 351 g/mol. The molecular weight excluding hydrogens is 333 g/mol. The van der Waals surface area contributed by atoms with E-state index in [1.54, 1.807) is 17.0 Å². The fourth-order valence-electron chi connectivity index (χ4n) is 3.29. The third-order valence-electron chi connectivity index (χ3n) is 4.57. The molecule has 2 aromatic carbocycles. The van der Waals surface area contributed by atoms with Crippen LogP contribution in [0, 0.1) is 12.7 Å². The highest BCUT2D eigenvalue weighted by molar-refractivity contribution is 5.78. The second kappa shape index (κ2) is 6.71. The Morgan fingerprint density at radius 2 is 2.08 bits per heavy atom. The molecule has 1 aromatic heterocycles. The maximum absolute atomic E-state index is 13.4. The van der Waals surface area contributed by atoms with Crippen molar-refractivity contribution in [2.45, 2.75) is 32.4 Å². The molecule has 0 bridgehead atoms. The van der Waals surface area contributed by atoms with Crippen LogP contribution < -0.4 is 0 Å². The fourth-order valence-corrected chi connectivity index (χ4v) is 3.29. The van der Waals surface area contributed by atoms with Crippen LogP contribution in [0.1, 0.15) is 35.9 Å². The number of nitrogens with zero attached hydrogens (tertiary/aromatic N) is 3. The molecule has 0 aliphatic carbocycles. The van der Waals surface area contributed by atoms with Crippen molar-refractivity contribution in [1.82, 2.24) is 15.0 Å². The first kappa shape index (κ1) is 16.4. The highest BCUT2D eigenvalue weighted by Crippen LogP contribution is 2.34. The first-order valence-electron chi connectivity index (χ1n) is 8.55. The Balaban J connectivity index is 1.59. The Morgan fingerprint density at radius 3 is 2.88 bits per heavy atom. The summed E-state index contributed by atoms with van der Waals surface area (Å²) in [6.45, 7) is 2.32. The van der Waals surface area contributed by atoms with Crippen LogP contribution in [0.4, 0.5) is 4.39 Å². The van der Waals surface area contributed by atoms with E-state index in [9.17, 15) is 9.18 Å². The van der Waals surface area contributed by atoms with E-state index in [0.29, 0.717) is 31.1 Å². The number of aromatic nitrogens is 2. The van der Waals surface area contributed by atoms with E-state index in [0.717, 1.165) is 16.7 Å². The lowest BCUT2D eigenvalue weighted by atomic mass is 10.1. The number of aryl methyl sites for hydroxylation is 1. The van der Waals surface area contributed by atoms with E-state index >= 15 is 0 Å². The lowest BCUT2D eigenvalue weighted by Gasteiger charge is -2.22. The van der Waals surface area contributed by atoms with E-state index in [4.69, 9.17) is 4.52 Å². The normalized spacial score (nSPS) is 17.1. The molecule has 1 aliphatic heterocycles. The Morgan fingerprint density at radius 1 is 1.23 bits per heavy atom. The van der Waals surface area contributed by atoms with Crippen LogP contribution >= 0.6 is 0 Å². The molecule has 2 heterocycles. The maximum atomic E-state index is 13.4. The highest BCUT2D eigenvalue weighted by atomic mass is 19.1. The standard InChI is InChI=1S/C20H18FN3O2/c1-13-4-2-6-15(10-13)19-22-20(26-23-19)17-8-9-18(25)24(17)12-14-5-3-7-16(21)11-14/h2-7,10-11,17H,8-9,12H2,1H3. The average molecular weight is 351 g/mol. The molecule has 1 atom stereocenters. The predicted octanol–water partition coefficient (Wildman–Crippen LogP) is 4.05. The molecule has 26 heavy (non-hydrogen) atoms. The zero-order valence-electron chi connectivity index (χ0n) is 14.4. The Labute approximate surface area is 150 Å². The number of benzene rings is 2. The van der Waals surface area contributed by atoms with Crippen molar-refractivity contribution in [2.75, 3.05) is 0 Å². The first-order chi connectivity index (χ1) is 12.6. The molecule has 4 rings (SSSR count). The molecular formula is C20H18FN3O2. The zero-order valence-corrected chi connectivity index (χ0v) is 14.4. The third kappa shape index (κ3) is 3.22. The molecule has 3 aromatic rings. The summed E-state index contributed by atoms with van der Waals surface area (Å²) in [7, 11) is 0. The molecule has 0 saturated carbocycles. The SMILES string of the molecule is Cc1cccc(-c2noc(C3CCC(=O)N3Cc3cccc(F)c3)n2)c1. The van der Waals surface area contributed by atoms with Crippen LogP contribution in [-0.4, -0.2) is 20.9 Å². The fraction of sp³-hybridized carbons (Fsp3) is 0.250. The second-order valence-electron chi connectivity index (χ2n) is 6.53. The van der Waals surface area contributed by atoms with Gasteiger partial charge in [-0.1, -0.05) is 41.1 Å². The van der Waals surface area contributed by atoms with Crippen LogP contribution in [-0.2, 0) is 11.3 Å². The Bertz CT molecular complexity index is 953. The first-order valence-corrected chi connectivity index (χ1v) is 8.55. The maximum Gasteiger partial charge on any atom is 0.249 e. The number of hydrogen-bond acceptors (Lipinski definition) is 4. The molecule has 132 valence electrons. The number of hydrogen-bond donors (Lipinski definition) is 0. The molecule has 1 fully saturated rings. The van der Waals surface area contributed by atoms with E-state index < -0.39 is 0 Å². The van der Waals surface area contributed by atoms with Gasteiger partial charge in [0.1, 0.15) is 11.9 Å². The average Bonchev–Trinajstić information content (AvgIpc) is 3.23. The number of carbonyl (C=O) groups excluding carboxylic acids is 1. The van der Waals surface area contributed by atoms with E-state index in [1.165, 1.54) is 12.1 Å². The van der Waals surface area contributed by atoms with E-state index in [-0.39, 0.29) is 17.8 Å². The van der Waals surface area contributed by atoms with Crippen LogP contribution in [0.3, 0.4) is 0 Å². The van der Waals surface area contributed by atoms with Gasteiger partial charge in [0.05, 0.1) is 0 Å². The topological polar surface area (TPSA) is 59.2 Å². The van der Waals surface area contributed by atoms with Crippen LogP contribution in [0.2, 0.25) is 0 Å². The number of likely N-dealkylation sites (tertiary alicyclic amines) is 1. The minimum absolute atomic E-state index is 0.00886. The van der Waals surface area contributed by atoms with Crippen molar-refractivity contribution in [2.24, 2.45) is 0 Å². The number of carbonyl (C=O) groups is 1. The van der Waals surface area contributed by atoms with Gasteiger partial charge in [-0.15, -0.1) is 0 Å². The highest BCUT2D eigenvalue weighted by Gasteiger charge is 2.36. The molecule has 0 spiro atoms. The summed E-state index contributed by atoms with van der Waals surface area (Å²) in [5.74, 6) is 0.623. The molecule has 0 N–H and O–H groups in total. The van der Waals surface area contributed by atoms with Gasteiger partial charge in [0.2, 0.25) is 17.6 Å². The van der Waals surface area contributed by atoms with E-state index in [2.05, 4.69) is 10.1 Å². The molecule has 1 unspecified atom stereocenters. The van der Waals surface area contributed by atoms with Crippen molar-refractivity contribution in [3.63, 3.8) is 0 Å². The molecule has 1 aliphatic rings. The van der Waals surface area contributed by atoms with Crippen LogP contribution in [0.5, 0.6) is 0 Å². The van der Waals surface area contributed by atoms with Crippen molar-refractivity contribution < 1.29 is 13.7 Å². The van der Waals surface area contributed by atoms with Gasteiger partial charge < -0.3 is 9.42 Å².